The molecule has 0 aliphatic carbocycles. The van der Waals surface area contributed by atoms with E-state index in [0.29, 0.717) is 33.5 Å². The lowest BCUT2D eigenvalue weighted by molar-refractivity contribution is 0.343. The zero-order chi connectivity index (χ0) is 17.3. The van der Waals surface area contributed by atoms with Gasteiger partial charge < -0.3 is 4.74 Å². The third kappa shape index (κ3) is 3.11. The maximum atomic E-state index is 12.6. The third-order valence-electron chi connectivity index (χ3n) is 3.50. The number of nitrogens with zero attached hydrogens (tertiary/aromatic N) is 1. The zero-order valence-electron chi connectivity index (χ0n) is 13.1. The molecule has 3 rings (SSSR count). The van der Waals surface area contributed by atoms with Crippen LogP contribution in [0.4, 0.5) is 5.69 Å². The number of aromatic amines is 1. The molecule has 2 aromatic carbocycles. The first-order chi connectivity index (χ1) is 11.4. The predicted molar refractivity (Wildman–Crippen MR) is 97.0 cm³/mol. The second-order valence-electron chi connectivity index (χ2n) is 5.22. The van der Waals surface area contributed by atoms with Crippen molar-refractivity contribution in [3.8, 4) is 5.75 Å². The molecule has 126 valence electrons. The van der Waals surface area contributed by atoms with E-state index in [9.17, 15) is 8.42 Å². The number of sulfonamides is 1. The Labute approximate surface area is 148 Å². The molecule has 0 radical (unpaired) electrons. The molecule has 0 saturated carbocycles. The number of hydrogen-bond acceptors (Lipinski definition) is 4. The Morgan fingerprint density at radius 1 is 1.21 bits per heavy atom. The number of aryl methyl sites for hydroxylation is 1. The van der Waals surface area contributed by atoms with Crippen molar-refractivity contribution < 1.29 is 13.2 Å². The fraction of sp³-hybridized carbons (Fsp3) is 0.188. The summed E-state index contributed by atoms with van der Waals surface area (Å²) >= 11 is 3.37. The molecule has 2 N–H and O–H groups in total. The Morgan fingerprint density at radius 3 is 2.58 bits per heavy atom. The fourth-order valence-electron chi connectivity index (χ4n) is 2.34. The number of hydrogen-bond donors (Lipinski definition) is 2. The number of halogens is 1. The first-order valence-corrected chi connectivity index (χ1v) is 9.59. The van der Waals surface area contributed by atoms with E-state index < -0.39 is 10.0 Å². The molecular weight excluding hydrogens is 394 g/mol. The highest BCUT2D eigenvalue weighted by molar-refractivity contribution is 9.10. The molecule has 0 atom stereocenters. The van der Waals surface area contributed by atoms with Crippen LogP contribution in [0.25, 0.3) is 10.9 Å². The quantitative estimate of drug-likeness (QED) is 0.670. The molecule has 8 heteroatoms. The van der Waals surface area contributed by atoms with Gasteiger partial charge in [0, 0.05) is 0 Å². The fourth-order valence-corrected chi connectivity index (χ4v) is 3.91. The molecule has 6 nitrogen and oxygen atoms in total. The monoisotopic (exact) mass is 409 g/mol. The van der Waals surface area contributed by atoms with Gasteiger partial charge in [0.05, 0.1) is 22.6 Å². The topological polar surface area (TPSA) is 84.1 Å². The second-order valence-corrected chi connectivity index (χ2v) is 7.70. The molecule has 0 unspecified atom stereocenters. The van der Waals surface area contributed by atoms with Crippen LogP contribution in [0.2, 0.25) is 0 Å². The van der Waals surface area contributed by atoms with Crippen LogP contribution in [0.3, 0.4) is 0 Å². The second kappa shape index (κ2) is 6.45. The minimum absolute atomic E-state index is 0.203. The summed E-state index contributed by atoms with van der Waals surface area (Å²) in [7, 11) is -3.69. The van der Waals surface area contributed by atoms with Crippen LogP contribution in [0.1, 0.15) is 12.5 Å². The molecule has 1 heterocycles. The van der Waals surface area contributed by atoms with Gasteiger partial charge in [-0.25, -0.2) is 8.42 Å². The summed E-state index contributed by atoms with van der Waals surface area (Å²) in [6, 6.07) is 10.0. The van der Waals surface area contributed by atoms with Crippen molar-refractivity contribution in [1.82, 2.24) is 10.2 Å². The molecule has 0 fully saturated rings. The van der Waals surface area contributed by atoms with Gasteiger partial charge in [-0.05, 0) is 54.0 Å². The minimum atomic E-state index is -3.69. The Morgan fingerprint density at radius 2 is 1.92 bits per heavy atom. The van der Waals surface area contributed by atoms with Crippen LogP contribution in [-0.4, -0.2) is 25.2 Å². The summed E-state index contributed by atoms with van der Waals surface area (Å²) in [6.45, 7) is 4.28. The summed E-state index contributed by atoms with van der Waals surface area (Å²) in [5.41, 5.74) is 1.98. The molecule has 3 aromatic rings. The zero-order valence-corrected chi connectivity index (χ0v) is 15.5. The number of aromatic nitrogens is 2. The third-order valence-corrected chi connectivity index (χ3v) is 5.46. The van der Waals surface area contributed by atoms with Crippen molar-refractivity contribution in [3.63, 3.8) is 0 Å². The van der Waals surface area contributed by atoms with Gasteiger partial charge in [0.2, 0.25) is 0 Å². The Bertz CT molecular complexity index is 982. The molecule has 0 aliphatic heterocycles. The largest absolute Gasteiger partial charge is 0.492 e. The van der Waals surface area contributed by atoms with Gasteiger partial charge in [-0.15, -0.1) is 0 Å². The van der Waals surface area contributed by atoms with Gasteiger partial charge in [0.1, 0.15) is 15.9 Å². The number of fused-ring (bicyclic) bond motifs is 1. The van der Waals surface area contributed by atoms with E-state index >= 15 is 0 Å². The highest BCUT2D eigenvalue weighted by Crippen LogP contribution is 2.35. The molecule has 0 saturated heterocycles. The Balaban J connectivity index is 2.05. The van der Waals surface area contributed by atoms with Gasteiger partial charge >= 0.3 is 0 Å². The van der Waals surface area contributed by atoms with E-state index in [1.807, 2.05) is 13.8 Å². The van der Waals surface area contributed by atoms with Crippen molar-refractivity contribution in [2.45, 2.75) is 18.7 Å². The van der Waals surface area contributed by atoms with Crippen LogP contribution >= 0.6 is 15.9 Å². The molecule has 24 heavy (non-hydrogen) atoms. The molecule has 1 aromatic heterocycles. The maximum Gasteiger partial charge on any atom is 0.261 e. The lowest BCUT2D eigenvalue weighted by Crippen LogP contribution is -2.13. The molecular formula is C16H16BrN3O3S. The lowest BCUT2D eigenvalue weighted by atomic mass is 10.2. The van der Waals surface area contributed by atoms with Crippen LogP contribution in [0.15, 0.2) is 45.9 Å². The van der Waals surface area contributed by atoms with Gasteiger partial charge in [0.15, 0.2) is 0 Å². The SMILES string of the molecule is CCOc1ccc(NS(=O)(=O)c2ccc(C)cc2)c2c(Br)[nH]nc12. The average molecular weight is 410 g/mol. The Hall–Kier alpha value is -2.06. The summed E-state index contributed by atoms with van der Waals surface area (Å²) in [5.74, 6) is 0.590. The smallest absolute Gasteiger partial charge is 0.261 e. The first kappa shape index (κ1) is 16.8. The Kier molecular flexibility index (Phi) is 4.51. The van der Waals surface area contributed by atoms with E-state index in [-0.39, 0.29) is 4.90 Å². The van der Waals surface area contributed by atoms with E-state index in [1.54, 1.807) is 36.4 Å². The van der Waals surface area contributed by atoms with Gasteiger partial charge in [0.25, 0.3) is 10.0 Å². The predicted octanol–water partition coefficient (Wildman–Crippen LogP) is 3.83. The average Bonchev–Trinajstić information content (AvgIpc) is 2.93. The number of benzene rings is 2. The van der Waals surface area contributed by atoms with Crippen LogP contribution in [0.5, 0.6) is 5.75 Å². The van der Waals surface area contributed by atoms with E-state index in [1.165, 1.54) is 0 Å². The highest BCUT2D eigenvalue weighted by Gasteiger charge is 2.19. The lowest BCUT2D eigenvalue weighted by Gasteiger charge is -2.11. The van der Waals surface area contributed by atoms with Crippen LogP contribution in [0, 0.1) is 6.92 Å². The van der Waals surface area contributed by atoms with Crippen molar-refractivity contribution in [2.75, 3.05) is 11.3 Å². The van der Waals surface area contributed by atoms with Crippen LogP contribution in [-0.2, 0) is 10.0 Å². The summed E-state index contributed by atoms with van der Waals surface area (Å²) in [5, 5.41) is 7.60. The molecule has 0 bridgehead atoms. The normalized spacial score (nSPS) is 11.6. The number of nitrogens with one attached hydrogen (secondary N) is 2. The van der Waals surface area contributed by atoms with Crippen molar-refractivity contribution in [1.29, 1.82) is 0 Å². The van der Waals surface area contributed by atoms with Crippen molar-refractivity contribution in [2.24, 2.45) is 0 Å². The van der Waals surface area contributed by atoms with Gasteiger partial charge in [-0.3, -0.25) is 9.82 Å². The molecule has 0 amide bonds. The molecule has 0 aliphatic rings. The number of rotatable bonds is 5. The summed E-state index contributed by atoms with van der Waals surface area (Å²) in [4.78, 5) is 0.203. The maximum absolute atomic E-state index is 12.6. The summed E-state index contributed by atoms with van der Waals surface area (Å²) in [6.07, 6.45) is 0. The van der Waals surface area contributed by atoms with Crippen LogP contribution < -0.4 is 9.46 Å². The van der Waals surface area contributed by atoms with Gasteiger partial charge in [-0.1, -0.05) is 17.7 Å². The standard InChI is InChI=1S/C16H16BrN3O3S/c1-3-23-13-9-8-12(14-15(13)18-19-16(14)17)20-24(21,22)11-6-4-10(2)5-7-11/h4-9,20H,3H2,1-2H3,(H,18,19). The highest BCUT2D eigenvalue weighted by atomic mass is 79.9. The number of H-pyrrole nitrogens is 1. The summed E-state index contributed by atoms with van der Waals surface area (Å²) < 4.78 is 34.0. The first-order valence-electron chi connectivity index (χ1n) is 7.31. The van der Waals surface area contributed by atoms with E-state index in [4.69, 9.17) is 4.74 Å². The molecule has 0 spiro atoms. The van der Waals surface area contributed by atoms with Crippen molar-refractivity contribution >= 4 is 42.5 Å². The van der Waals surface area contributed by atoms with E-state index in [2.05, 4.69) is 30.8 Å². The van der Waals surface area contributed by atoms with Crippen molar-refractivity contribution in [3.05, 3.63) is 46.6 Å². The van der Waals surface area contributed by atoms with E-state index in [0.717, 1.165) is 5.56 Å². The minimum Gasteiger partial charge on any atom is -0.492 e. The number of anilines is 1. The number of ether oxygens (including phenoxy) is 1. The van der Waals surface area contributed by atoms with Gasteiger partial charge in [-0.2, -0.15) is 5.10 Å².